The molecule has 2 fully saturated rings. The number of nitrogens with zero attached hydrogens (tertiary/aromatic N) is 1. The highest BCUT2D eigenvalue weighted by atomic mass is 127. The highest BCUT2D eigenvalue weighted by Gasteiger charge is 2.34. The van der Waals surface area contributed by atoms with Gasteiger partial charge in [-0.05, 0) is 38.2 Å². The number of rotatable bonds is 11. The molecule has 0 saturated carbocycles. The first-order valence-electron chi connectivity index (χ1n) is 11.7. The average molecular weight is 561 g/mol. The zero-order chi connectivity index (χ0) is 21.8. The van der Waals surface area contributed by atoms with Crippen molar-refractivity contribution >= 4 is 29.9 Å². The molecule has 0 aromatic heterocycles. The molecule has 1 aromatic carbocycles. The highest BCUT2D eigenvalue weighted by Crippen LogP contribution is 2.25. The Morgan fingerprint density at radius 1 is 1.16 bits per heavy atom. The molecule has 0 bridgehead atoms. The Bertz CT molecular complexity index is 650. The fourth-order valence-corrected chi connectivity index (χ4v) is 4.24. The SMILES string of the molecule is CN=C(NCCCOCC1CCOC1)NCC1(NC(C)c2ccccc2)CCOCC1.I. The van der Waals surface area contributed by atoms with Crippen LogP contribution in [0.25, 0.3) is 0 Å². The maximum Gasteiger partial charge on any atom is 0.191 e. The molecule has 0 spiro atoms. The Morgan fingerprint density at radius 2 is 1.94 bits per heavy atom. The van der Waals surface area contributed by atoms with Gasteiger partial charge in [0, 0.05) is 64.1 Å². The Kier molecular flexibility index (Phi) is 12.8. The molecule has 3 N–H and O–H groups in total. The lowest BCUT2D eigenvalue weighted by molar-refractivity contribution is 0.0354. The number of nitrogens with one attached hydrogen (secondary N) is 3. The summed E-state index contributed by atoms with van der Waals surface area (Å²) in [5, 5.41) is 10.8. The summed E-state index contributed by atoms with van der Waals surface area (Å²) in [6.07, 6.45) is 4.04. The van der Waals surface area contributed by atoms with Crippen LogP contribution in [0.5, 0.6) is 0 Å². The van der Waals surface area contributed by atoms with E-state index in [0.717, 1.165) is 84.4 Å². The predicted molar refractivity (Wildman–Crippen MR) is 140 cm³/mol. The van der Waals surface area contributed by atoms with E-state index in [-0.39, 0.29) is 35.6 Å². The smallest absolute Gasteiger partial charge is 0.191 e. The largest absolute Gasteiger partial charge is 0.381 e. The molecule has 8 heteroatoms. The van der Waals surface area contributed by atoms with Crippen LogP contribution in [0.15, 0.2) is 35.3 Å². The molecule has 7 nitrogen and oxygen atoms in total. The van der Waals surface area contributed by atoms with E-state index >= 15 is 0 Å². The Hall–Kier alpha value is -0.940. The Morgan fingerprint density at radius 3 is 2.62 bits per heavy atom. The Balaban J connectivity index is 0.00000363. The lowest BCUT2D eigenvalue weighted by Crippen LogP contribution is -2.58. The van der Waals surface area contributed by atoms with E-state index in [1.807, 2.05) is 7.05 Å². The van der Waals surface area contributed by atoms with Gasteiger partial charge in [-0.25, -0.2) is 0 Å². The lowest BCUT2D eigenvalue weighted by atomic mass is 9.88. The molecule has 0 aliphatic carbocycles. The van der Waals surface area contributed by atoms with Gasteiger partial charge in [0.25, 0.3) is 0 Å². The third kappa shape index (κ3) is 9.13. The van der Waals surface area contributed by atoms with Gasteiger partial charge in [-0.1, -0.05) is 30.3 Å². The van der Waals surface area contributed by atoms with Crippen LogP contribution in [-0.4, -0.2) is 71.3 Å². The van der Waals surface area contributed by atoms with Gasteiger partial charge >= 0.3 is 0 Å². The van der Waals surface area contributed by atoms with Crippen molar-refractivity contribution < 1.29 is 14.2 Å². The molecule has 2 heterocycles. The Labute approximate surface area is 210 Å². The second-order valence-corrected chi connectivity index (χ2v) is 8.68. The van der Waals surface area contributed by atoms with Gasteiger partial charge in [0.1, 0.15) is 0 Å². The number of ether oxygens (including phenoxy) is 3. The lowest BCUT2D eigenvalue weighted by Gasteiger charge is -2.41. The van der Waals surface area contributed by atoms with Crippen LogP contribution >= 0.6 is 24.0 Å². The van der Waals surface area contributed by atoms with Crippen LogP contribution in [0, 0.1) is 5.92 Å². The summed E-state index contributed by atoms with van der Waals surface area (Å²) in [4.78, 5) is 4.40. The molecule has 0 amide bonds. The molecule has 182 valence electrons. The molecular formula is C24H41IN4O3. The number of halogens is 1. The van der Waals surface area contributed by atoms with Crippen LogP contribution in [0.4, 0.5) is 0 Å². The second-order valence-electron chi connectivity index (χ2n) is 8.68. The van der Waals surface area contributed by atoms with E-state index in [0.29, 0.717) is 5.92 Å². The first-order valence-corrected chi connectivity index (χ1v) is 11.7. The molecule has 1 aromatic rings. The molecule has 2 atom stereocenters. The summed E-state index contributed by atoms with van der Waals surface area (Å²) in [6, 6.07) is 10.9. The summed E-state index contributed by atoms with van der Waals surface area (Å²) in [5.41, 5.74) is 1.29. The molecule has 32 heavy (non-hydrogen) atoms. The molecular weight excluding hydrogens is 519 g/mol. The third-order valence-corrected chi connectivity index (χ3v) is 6.23. The van der Waals surface area contributed by atoms with Crippen molar-refractivity contribution in [3.8, 4) is 0 Å². The van der Waals surface area contributed by atoms with E-state index in [1.165, 1.54) is 5.56 Å². The number of guanidine groups is 1. The summed E-state index contributed by atoms with van der Waals surface area (Å²) in [7, 11) is 1.82. The highest BCUT2D eigenvalue weighted by molar-refractivity contribution is 14.0. The van der Waals surface area contributed by atoms with Gasteiger partial charge in [0.15, 0.2) is 5.96 Å². The summed E-state index contributed by atoms with van der Waals surface area (Å²) in [5.74, 6) is 1.41. The minimum atomic E-state index is -0.0163. The molecule has 2 aliphatic heterocycles. The van der Waals surface area contributed by atoms with Crippen molar-refractivity contribution in [2.24, 2.45) is 10.9 Å². The van der Waals surface area contributed by atoms with E-state index in [4.69, 9.17) is 14.2 Å². The zero-order valence-electron chi connectivity index (χ0n) is 19.6. The minimum Gasteiger partial charge on any atom is -0.381 e. The fraction of sp³-hybridized carbons (Fsp3) is 0.708. The van der Waals surface area contributed by atoms with Crippen molar-refractivity contribution in [3.05, 3.63) is 35.9 Å². The number of hydrogen-bond donors (Lipinski definition) is 3. The fourth-order valence-electron chi connectivity index (χ4n) is 4.24. The van der Waals surface area contributed by atoms with Gasteiger partial charge in [-0.3, -0.25) is 4.99 Å². The van der Waals surface area contributed by atoms with E-state index < -0.39 is 0 Å². The van der Waals surface area contributed by atoms with Crippen LogP contribution in [0.2, 0.25) is 0 Å². The topological polar surface area (TPSA) is 76.1 Å². The summed E-state index contributed by atoms with van der Waals surface area (Å²) in [6.45, 7) is 8.74. The first-order chi connectivity index (χ1) is 15.2. The molecule has 3 rings (SSSR count). The van der Waals surface area contributed by atoms with Crippen LogP contribution in [0.1, 0.15) is 44.2 Å². The monoisotopic (exact) mass is 560 g/mol. The van der Waals surface area contributed by atoms with Crippen molar-refractivity contribution in [2.75, 3.05) is 59.8 Å². The normalized spacial score (nSPS) is 21.6. The van der Waals surface area contributed by atoms with E-state index in [1.54, 1.807) is 0 Å². The zero-order valence-corrected chi connectivity index (χ0v) is 21.9. The van der Waals surface area contributed by atoms with Crippen molar-refractivity contribution in [1.82, 2.24) is 16.0 Å². The van der Waals surface area contributed by atoms with Crippen LogP contribution in [0.3, 0.4) is 0 Å². The first kappa shape index (κ1) is 27.3. The molecule has 2 unspecified atom stereocenters. The van der Waals surface area contributed by atoms with Gasteiger partial charge < -0.3 is 30.2 Å². The van der Waals surface area contributed by atoms with Crippen molar-refractivity contribution in [1.29, 1.82) is 0 Å². The number of benzene rings is 1. The summed E-state index contributed by atoms with van der Waals surface area (Å²) < 4.78 is 16.8. The second kappa shape index (κ2) is 15.1. The van der Waals surface area contributed by atoms with Gasteiger partial charge in [-0.2, -0.15) is 0 Å². The van der Waals surface area contributed by atoms with Crippen molar-refractivity contribution in [3.63, 3.8) is 0 Å². The maximum absolute atomic E-state index is 5.79. The maximum atomic E-state index is 5.79. The van der Waals surface area contributed by atoms with Crippen LogP contribution < -0.4 is 16.0 Å². The minimum absolute atomic E-state index is 0. The number of aliphatic imine (C=N–C) groups is 1. The predicted octanol–water partition coefficient (Wildman–Crippen LogP) is 3.11. The molecule has 2 saturated heterocycles. The van der Waals surface area contributed by atoms with Gasteiger partial charge in [-0.15, -0.1) is 24.0 Å². The van der Waals surface area contributed by atoms with E-state index in [9.17, 15) is 0 Å². The van der Waals surface area contributed by atoms with Gasteiger partial charge in [0.05, 0.1) is 13.2 Å². The molecule has 0 radical (unpaired) electrons. The van der Waals surface area contributed by atoms with Crippen LogP contribution in [-0.2, 0) is 14.2 Å². The number of hydrogen-bond acceptors (Lipinski definition) is 5. The quantitative estimate of drug-likeness (QED) is 0.167. The average Bonchev–Trinajstić information content (AvgIpc) is 3.33. The van der Waals surface area contributed by atoms with E-state index in [2.05, 4.69) is 58.2 Å². The van der Waals surface area contributed by atoms with Crippen molar-refractivity contribution in [2.45, 2.75) is 44.2 Å². The standard InChI is InChI=1S/C24H40N4O3.HI/c1-20(22-7-4-3-5-8-22)28-24(10-15-29-16-11-24)19-27-23(25-2)26-12-6-13-30-17-21-9-14-31-18-21;/h3-5,7-8,20-21,28H,6,9-19H2,1-2H3,(H2,25,26,27);1H. The summed E-state index contributed by atoms with van der Waals surface area (Å²) >= 11 is 0. The van der Waals surface area contributed by atoms with Gasteiger partial charge in [0.2, 0.25) is 0 Å². The third-order valence-electron chi connectivity index (χ3n) is 6.23. The molecule has 2 aliphatic rings.